The van der Waals surface area contributed by atoms with E-state index in [9.17, 15) is 0 Å². The lowest BCUT2D eigenvalue weighted by Crippen LogP contribution is -1.97. The number of alkyl halides is 1. The number of hydrogen-bond donors (Lipinski definition) is 0. The van der Waals surface area contributed by atoms with Crippen LogP contribution in [0.15, 0.2) is 30.3 Å². The Bertz CT molecular complexity index is 189. The van der Waals surface area contributed by atoms with E-state index < -0.39 is 0 Å². The van der Waals surface area contributed by atoms with Gasteiger partial charge in [-0.2, -0.15) is 0 Å². The molecule has 0 nitrogen and oxygen atoms in total. The van der Waals surface area contributed by atoms with Crippen LogP contribution in [0.4, 0.5) is 0 Å². The Morgan fingerprint density at radius 1 is 1.27 bits per heavy atom. The molecule has 0 bridgehead atoms. The largest absolute Gasteiger partial charge is 0.0921 e. The summed E-state index contributed by atoms with van der Waals surface area (Å²) in [5, 5.41) is 1.06. The standard InChI is InChI=1S/C10H13Br/c1-2-9(8-11)10-6-4-3-5-7-10/h3-7,9H,2,8H2,1H3/t9-/m1/s1. The van der Waals surface area contributed by atoms with E-state index in [1.807, 2.05) is 0 Å². The number of halogens is 1. The maximum Gasteiger partial charge on any atom is 0.0100 e. The van der Waals surface area contributed by atoms with Gasteiger partial charge in [0.2, 0.25) is 0 Å². The van der Waals surface area contributed by atoms with Crippen LogP contribution in [0.1, 0.15) is 24.8 Å². The van der Waals surface area contributed by atoms with Crippen molar-refractivity contribution in [1.29, 1.82) is 0 Å². The van der Waals surface area contributed by atoms with Crippen LogP contribution in [-0.2, 0) is 0 Å². The van der Waals surface area contributed by atoms with Crippen molar-refractivity contribution in [3.63, 3.8) is 0 Å². The molecule has 0 fully saturated rings. The summed E-state index contributed by atoms with van der Waals surface area (Å²) in [4.78, 5) is 0. The molecule has 1 atom stereocenters. The molecule has 0 spiro atoms. The summed E-state index contributed by atoms with van der Waals surface area (Å²) in [6, 6.07) is 10.6. The highest BCUT2D eigenvalue weighted by molar-refractivity contribution is 9.09. The van der Waals surface area contributed by atoms with Gasteiger partial charge < -0.3 is 0 Å². The van der Waals surface area contributed by atoms with Gasteiger partial charge in [0.25, 0.3) is 0 Å². The molecule has 0 heterocycles. The molecule has 60 valence electrons. The first-order chi connectivity index (χ1) is 5.38. The molecule has 1 rings (SSSR count). The highest BCUT2D eigenvalue weighted by Crippen LogP contribution is 2.20. The third-order valence-electron chi connectivity index (χ3n) is 1.95. The summed E-state index contributed by atoms with van der Waals surface area (Å²) in [6.07, 6.45) is 1.20. The van der Waals surface area contributed by atoms with Crippen LogP contribution in [-0.4, -0.2) is 5.33 Å². The molecular weight excluding hydrogens is 200 g/mol. The van der Waals surface area contributed by atoms with E-state index in [4.69, 9.17) is 0 Å². The molecule has 0 aliphatic heterocycles. The van der Waals surface area contributed by atoms with E-state index in [2.05, 4.69) is 53.2 Å². The zero-order valence-electron chi connectivity index (χ0n) is 6.76. The number of rotatable bonds is 3. The highest BCUT2D eigenvalue weighted by atomic mass is 79.9. The van der Waals surface area contributed by atoms with Crippen molar-refractivity contribution in [2.75, 3.05) is 5.33 Å². The number of benzene rings is 1. The fourth-order valence-electron chi connectivity index (χ4n) is 1.16. The first-order valence-electron chi connectivity index (χ1n) is 3.99. The Kier molecular flexibility index (Phi) is 3.64. The summed E-state index contributed by atoms with van der Waals surface area (Å²) in [6.45, 7) is 2.22. The van der Waals surface area contributed by atoms with E-state index in [-0.39, 0.29) is 0 Å². The first kappa shape index (κ1) is 8.79. The molecule has 0 saturated heterocycles. The average Bonchev–Trinajstić information content (AvgIpc) is 2.09. The van der Waals surface area contributed by atoms with Gasteiger partial charge in [0.05, 0.1) is 0 Å². The summed E-state index contributed by atoms with van der Waals surface area (Å²) in [5.74, 6) is 0.677. The van der Waals surface area contributed by atoms with Gasteiger partial charge in [-0.05, 0) is 17.9 Å². The zero-order valence-corrected chi connectivity index (χ0v) is 8.34. The quantitative estimate of drug-likeness (QED) is 0.673. The lowest BCUT2D eigenvalue weighted by atomic mass is 9.99. The molecule has 0 radical (unpaired) electrons. The molecule has 0 aliphatic carbocycles. The molecule has 11 heavy (non-hydrogen) atoms. The predicted octanol–water partition coefficient (Wildman–Crippen LogP) is 3.58. The second-order valence-corrected chi connectivity index (χ2v) is 3.32. The van der Waals surface area contributed by atoms with Crippen LogP contribution in [0.25, 0.3) is 0 Å². The van der Waals surface area contributed by atoms with E-state index in [0.717, 1.165) is 5.33 Å². The Morgan fingerprint density at radius 2 is 1.91 bits per heavy atom. The Labute approximate surface area is 76.8 Å². The fraction of sp³-hybridized carbons (Fsp3) is 0.400. The summed E-state index contributed by atoms with van der Waals surface area (Å²) >= 11 is 3.51. The molecular formula is C10H13Br. The van der Waals surface area contributed by atoms with Crippen LogP contribution < -0.4 is 0 Å². The Morgan fingerprint density at radius 3 is 2.36 bits per heavy atom. The van der Waals surface area contributed by atoms with Crippen LogP contribution in [0.5, 0.6) is 0 Å². The molecule has 0 aromatic heterocycles. The SMILES string of the molecule is CC[C@H](CBr)c1ccccc1. The fourth-order valence-corrected chi connectivity index (χ4v) is 1.99. The molecule has 1 heteroatoms. The van der Waals surface area contributed by atoms with Crippen molar-refractivity contribution in [3.8, 4) is 0 Å². The second-order valence-electron chi connectivity index (χ2n) is 2.67. The monoisotopic (exact) mass is 212 g/mol. The topological polar surface area (TPSA) is 0 Å². The van der Waals surface area contributed by atoms with Gasteiger partial charge in [-0.15, -0.1) is 0 Å². The van der Waals surface area contributed by atoms with Crippen molar-refractivity contribution >= 4 is 15.9 Å². The normalized spacial score (nSPS) is 12.9. The van der Waals surface area contributed by atoms with Gasteiger partial charge in [-0.25, -0.2) is 0 Å². The van der Waals surface area contributed by atoms with Crippen LogP contribution in [0.3, 0.4) is 0 Å². The summed E-state index contributed by atoms with van der Waals surface area (Å²) in [5.41, 5.74) is 1.44. The Balaban J connectivity index is 2.74. The third-order valence-corrected chi connectivity index (χ3v) is 2.73. The van der Waals surface area contributed by atoms with Gasteiger partial charge in [-0.3, -0.25) is 0 Å². The molecule has 0 aliphatic rings. The van der Waals surface area contributed by atoms with Crippen LogP contribution in [0, 0.1) is 0 Å². The zero-order chi connectivity index (χ0) is 8.10. The van der Waals surface area contributed by atoms with E-state index in [1.54, 1.807) is 0 Å². The van der Waals surface area contributed by atoms with Gasteiger partial charge in [0.1, 0.15) is 0 Å². The smallest absolute Gasteiger partial charge is 0.0100 e. The van der Waals surface area contributed by atoms with Gasteiger partial charge in [-0.1, -0.05) is 53.2 Å². The molecule has 1 aromatic rings. The maximum absolute atomic E-state index is 3.51. The molecule has 0 unspecified atom stereocenters. The molecule has 0 amide bonds. The average molecular weight is 213 g/mol. The van der Waals surface area contributed by atoms with Gasteiger partial charge >= 0.3 is 0 Å². The van der Waals surface area contributed by atoms with Gasteiger partial charge in [0.15, 0.2) is 0 Å². The van der Waals surface area contributed by atoms with E-state index in [0.29, 0.717) is 5.92 Å². The predicted molar refractivity (Wildman–Crippen MR) is 53.3 cm³/mol. The Hall–Kier alpha value is -0.300. The first-order valence-corrected chi connectivity index (χ1v) is 5.11. The van der Waals surface area contributed by atoms with Crippen molar-refractivity contribution in [3.05, 3.63) is 35.9 Å². The lowest BCUT2D eigenvalue weighted by molar-refractivity contribution is 0.749. The summed E-state index contributed by atoms with van der Waals surface area (Å²) in [7, 11) is 0. The van der Waals surface area contributed by atoms with E-state index >= 15 is 0 Å². The van der Waals surface area contributed by atoms with Gasteiger partial charge in [0, 0.05) is 5.33 Å². The third kappa shape index (κ3) is 2.33. The van der Waals surface area contributed by atoms with Crippen molar-refractivity contribution < 1.29 is 0 Å². The minimum absolute atomic E-state index is 0.677. The van der Waals surface area contributed by atoms with Crippen molar-refractivity contribution in [2.45, 2.75) is 19.3 Å². The molecule has 0 saturated carbocycles. The second kappa shape index (κ2) is 4.55. The maximum atomic E-state index is 3.51. The lowest BCUT2D eigenvalue weighted by Gasteiger charge is -2.10. The van der Waals surface area contributed by atoms with E-state index in [1.165, 1.54) is 12.0 Å². The van der Waals surface area contributed by atoms with Crippen molar-refractivity contribution in [1.82, 2.24) is 0 Å². The molecule has 1 aromatic carbocycles. The summed E-state index contributed by atoms with van der Waals surface area (Å²) < 4.78 is 0. The minimum atomic E-state index is 0.677. The number of hydrogen-bond acceptors (Lipinski definition) is 0. The minimum Gasteiger partial charge on any atom is -0.0921 e. The highest BCUT2D eigenvalue weighted by Gasteiger charge is 2.04. The van der Waals surface area contributed by atoms with Crippen molar-refractivity contribution in [2.24, 2.45) is 0 Å². The molecule has 0 N–H and O–H groups in total. The van der Waals surface area contributed by atoms with Crippen LogP contribution in [0.2, 0.25) is 0 Å². The van der Waals surface area contributed by atoms with Crippen LogP contribution >= 0.6 is 15.9 Å².